The van der Waals surface area contributed by atoms with Crippen LogP contribution >= 0.6 is 7.82 Å². The minimum absolute atomic E-state index is 0.0347. The molecule has 2 aromatic rings. The van der Waals surface area contributed by atoms with Crippen molar-refractivity contribution in [1.82, 2.24) is 0 Å². The van der Waals surface area contributed by atoms with Crippen LogP contribution in [0.3, 0.4) is 0 Å². The maximum Gasteiger partial charge on any atom is 0.474 e. The number of phosphoric ester groups is 1. The van der Waals surface area contributed by atoms with Gasteiger partial charge in [-0.2, -0.15) is 0 Å². The largest absolute Gasteiger partial charge is 0.474 e. The number of fused-ring (bicyclic) bond motifs is 1. The molecule has 0 saturated carbocycles. The first-order valence-corrected chi connectivity index (χ1v) is 16.0. The maximum absolute atomic E-state index is 14.1. The Morgan fingerprint density at radius 1 is 0.949 bits per heavy atom. The molecule has 0 bridgehead atoms. The number of ether oxygens (including phenoxy) is 1. The highest BCUT2D eigenvalue weighted by Gasteiger charge is 2.27. The summed E-state index contributed by atoms with van der Waals surface area (Å²) in [5.41, 5.74) is 4.50. The van der Waals surface area contributed by atoms with E-state index >= 15 is 0 Å². The van der Waals surface area contributed by atoms with Gasteiger partial charge in [-0.05, 0) is 97.4 Å². The quantitative estimate of drug-likeness (QED) is 0.142. The number of hydrogen-bond acceptors (Lipinski definition) is 8. The first kappa shape index (κ1) is 30.9. The molecule has 8 nitrogen and oxygen atoms in total. The van der Waals surface area contributed by atoms with E-state index in [0.717, 1.165) is 28.5 Å². The molecule has 212 valence electrons. The Hall–Kier alpha value is -2.62. The Balaban J connectivity index is 1.65. The number of phosphoric acid groups is 1. The summed E-state index contributed by atoms with van der Waals surface area (Å²) in [6.45, 7) is 5.93. The van der Waals surface area contributed by atoms with Crippen LogP contribution in [-0.2, 0) is 37.5 Å². The van der Waals surface area contributed by atoms with Crippen molar-refractivity contribution in [3.63, 3.8) is 0 Å². The summed E-state index contributed by atoms with van der Waals surface area (Å²) in [5.74, 6) is -0.865. The van der Waals surface area contributed by atoms with E-state index in [4.69, 9.17) is 18.3 Å². The van der Waals surface area contributed by atoms with E-state index in [1.807, 2.05) is 13.0 Å². The van der Waals surface area contributed by atoms with E-state index in [2.05, 4.69) is 0 Å². The number of halogens is 1. The molecule has 0 aromatic heterocycles. The summed E-state index contributed by atoms with van der Waals surface area (Å²) in [6.07, 6.45) is 3.98. The van der Waals surface area contributed by atoms with Crippen LogP contribution in [0.4, 0.5) is 4.39 Å². The summed E-state index contributed by atoms with van der Waals surface area (Å²) in [5, 5.41) is 0. The van der Waals surface area contributed by atoms with Crippen LogP contribution in [-0.4, -0.2) is 47.1 Å². The van der Waals surface area contributed by atoms with Gasteiger partial charge < -0.3 is 4.74 Å². The molecule has 3 rings (SSSR count). The minimum Gasteiger partial charge on any atom is -0.465 e. The average molecular weight is 581 g/mol. The van der Waals surface area contributed by atoms with Crippen molar-refractivity contribution in [1.29, 1.82) is 0 Å². The van der Waals surface area contributed by atoms with Gasteiger partial charge in [0.2, 0.25) is 0 Å². The average Bonchev–Trinajstić information content (AvgIpc) is 3.11. The van der Waals surface area contributed by atoms with Gasteiger partial charge in [0.15, 0.2) is 9.84 Å². The van der Waals surface area contributed by atoms with Crippen LogP contribution in [0.5, 0.6) is 0 Å². The van der Waals surface area contributed by atoms with Crippen LogP contribution in [0.1, 0.15) is 56.7 Å². The van der Waals surface area contributed by atoms with E-state index in [0.29, 0.717) is 24.0 Å². The molecular weight excluding hydrogens is 546 g/mol. The van der Waals surface area contributed by atoms with E-state index in [1.165, 1.54) is 24.3 Å². The minimum atomic E-state index is -3.57. The monoisotopic (exact) mass is 580 g/mol. The lowest BCUT2D eigenvalue weighted by Crippen LogP contribution is -2.08. The van der Waals surface area contributed by atoms with Crippen LogP contribution in [0, 0.1) is 5.82 Å². The summed E-state index contributed by atoms with van der Waals surface area (Å²) in [7, 11) is -6.88. The van der Waals surface area contributed by atoms with E-state index in [1.54, 1.807) is 32.0 Å². The first-order valence-electron chi connectivity index (χ1n) is 12.7. The molecule has 0 radical (unpaired) electrons. The van der Waals surface area contributed by atoms with Gasteiger partial charge in [-0.25, -0.2) is 17.4 Å². The molecule has 1 aliphatic carbocycles. The van der Waals surface area contributed by atoms with Crippen LogP contribution in [0.15, 0.2) is 52.9 Å². The zero-order chi connectivity index (χ0) is 28.6. The van der Waals surface area contributed by atoms with E-state index in [9.17, 15) is 22.2 Å². The summed E-state index contributed by atoms with van der Waals surface area (Å²) in [6, 6.07) is 10.9. The van der Waals surface area contributed by atoms with Gasteiger partial charge >= 0.3 is 13.8 Å². The molecule has 0 heterocycles. The molecule has 0 atom stereocenters. The SMILES string of the molecule is CCOP(=O)(OCC)OCCCCOC(=O)CC1=C(C)C(=Cc2ccc(S(C)(=O)=O)cc2)c2ccc(F)cc21. The number of carbonyl (C=O) groups excluding carboxylic acids is 1. The van der Waals surface area contributed by atoms with Crippen LogP contribution in [0.2, 0.25) is 0 Å². The topological polar surface area (TPSA) is 105 Å². The molecule has 0 aliphatic heterocycles. The normalized spacial score (nSPS) is 14.6. The fourth-order valence-corrected chi connectivity index (χ4v) is 5.99. The van der Waals surface area contributed by atoms with Crippen molar-refractivity contribution in [2.75, 3.05) is 32.7 Å². The molecular formula is C28H34FO8PS. The van der Waals surface area contributed by atoms with Crippen LogP contribution in [0.25, 0.3) is 17.2 Å². The second-order valence-electron chi connectivity index (χ2n) is 8.91. The molecule has 0 spiro atoms. The fraction of sp³-hybridized carbons (Fsp3) is 0.393. The highest BCUT2D eigenvalue weighted by molar-refractivity contribution is 7.90. The third-order valence-corrected chi connectivity index (χ3v) is 8.80. The molecule has 11 heteroatoms. The standard InChI is InChI=1S/C28H34FO8PS/c1-5-35-38(31,36-6-2)37-16-8-7-15-34-28(30)19-26-20(3)25(24-14-11-22(29)18-27(24)26)17-21-9-12-23(13-10-21)39(4,32)33/h9-14,17-18H,5-8,15-16,19H2,1-4H3. The highest BCUT2D eigenvalue weighted by atomic mass is 32.2. The maximum atomic E-state index is 14.1. The summed E-state index contributed by atoms with van der Waals surface area (Å²) in [4.78, 5) is 12.9. The smallest absolute Gasteiger partial charge is 0.465 e. The van der Waals surface area contributed by atoms with Crippen molar-refractivity contribution >= 4 is 40.9 Å². The number of allylic oxidation sites excluding steroid dienone is 2. The van der Waals surface area contributed by atoms with Crippen LogP contribution < -0.4 is 0 Å². The molecule has 0 amide bonds. The Kier molecular flexibility index (Phi) is 10.8. The second-order valence-corrected chi connectivity index (χ2v) is 12.6. The fourth-order valence-electron chi connectivity index (χ4n) is 4.15. The van der Waals surface area contributed by atoms with Gasteiger partial charge in [-0.15, -0.1) is 0 Å². The van der Waals surface area contributed by atoms with Crippen molar-refractivity contribution < 1.29 is 40.5 Å². The van der Waals surface area contributed by atoms with E-state index < -0.39 is 29.4 Å². The number of rotatable bonds is 14. The van der Waals surface area contributed by atoms with Gasteiger partial charge in [0, 0.05) is 6.26 Å². The molecule has 0 unspecified atom stereocenters. The van der Waals surface area contributed by atoms with Crippen molar-refractivity contribution in [3.05, 3.63) is 70.5 Å². The lowest BCUT2D eigenvalue weighted by atomic mass is 10.0. The lowest BCUT2D eigenvalue weighted by molar-refractivity contribution is -0.142. The molecule has 0 fully saturated rings. The third kappa shape index (κ3) is 8.43. The molecule has 0 saturated heterocycles. The Morgan fingerprint density at radius 3 is 2.21 bits per heavy atom. The predicted octanol–water partition coefficient (Wildman–Crippen LogP) is 6.47. The predicted molar refractivity (Wildman–Crippen MR) is 148 cm³/mol. The number of carbonyl (C=O) groups is 1. The molecule has 39 heavy (non-hydrogen) atoms. The zero-order valence-electron chi connectivity index (χ0n) is 22.6. The zero-order valence-corrected chi connectivity index (χ0v) is 24.3. The Bertz CT molecular complexity index is 1390. The molecule has 1 aliphatic rings. The first-order chi connectivity index (χ1) is 18.5. The van der Waals surface area contributed by atoms with Crippen molar-refractivity contribution in [3.8, 4) is 0 Å². The summed E-state index contributed by atoms with van der Waals surface area (Å²) >= 11 is 0. The Morgan fingerprint density at radius 2 is 1.59 bits per heavy atom. The Labute approximate surface area is 229 Å². The summed E-state index contributed by atoms with van der Waals surface area (Å²) < 4.78 is 70.8. The third-order valence-electron chi connectivity index (χ3n) is 6.02. The number of sulfone groups is 1. The van der Waals surface area contributed by atoms with Crippen molar-refractivity contribution in [2.24, 2.45) is 0 Å². The molecule has 0 N–H and O–H groups in total. The number of hydrogen-bond donors (Lipinski definition) is 0. The van der Waals surface area contributed by atoms with Gasteiger partial charge in [0.05, 0.1) is 37.7 Å². The van der Waals surface area contributed by atoms with E-state index in [-0.39, 0.29) is 37.7 Å². The number of unbranched alkanes of at least 4 members (excludes halogenated alkanes) is 1. The van der Waals surface area contributed by atoms with Gasteiger partial charge in [0.1, 0.15) is 5.82 Å². The van der Waals surface area contributed by atoms with Gasteiger partial charge in [0.25, 0.3) is 0 Å². The number of esters is 1. The second kappa shape index (κ2) is 13.6. The van der Waals surface area contributed by atoms with Gasteiger partial charge in [-0.3, -0.25) is 18.4 Å². The lowest BCUT2D eigenvalue weighted by Gasteiger charge is -2.16. The van der Waals surface area contributed by atoms with Gasteiger partial charge in [-0.1, -0.05) is 18.2 Å². The number of benzene rings is 2. The molecule has 2 aromatic carbocycles. The highest BCUT2D eigenvalue weighted by Crippen LogP contribution is 2.49. The van der Waals surface area contributed by atoms with Crippen molar-refractivity contribution in [2.45, 2.75) is 44.9 Å².